The van der Waals surface area contributed by atoms with Gasteiger partial charge >= 0.3 is 0 Å². The van der Waals surface area contributed by atoms with E-state index in [1.54, 1.807) is 11.1 Å². The van der Waals surface area contributed by atoms with Gasteiger partial charge in [0.2, 0.25) is 0 Å². The van der Waals surface area contributed by atoms with Crippen molar-refractivity contribution >= 4 is 0 Å². The Balaban J connectivity index is 2.30. The third-order valence-corrected chi connectivity index (χ3v) is 3.97. The summed E-state index contributed by atoms with van der Waals surface area (Å²) >= 11 is 0. The Kier molecular flexibility index (Phi) is 4.45. The van der Waals surface area contributed by atoms with Gasteiger partial charge < -0.3 is 5.32 Å². The van der Waals surface area contributed by atoms with Crippen LogP contribution in [0.1, 0.15) is 69.2 Å². The van der Waals surface area contributed by atoms with Crippen LogP contribution < -0.4 is 5.32 Å². The van der Waals surface area contributed by atoms with E-state index in [-0.39, 0.29) is 0 Å². The molecule has 1 heterocycles. The van der Waals surface area contributed by atoms with E-state index in [0.717, 1.165) is 12.5 Å². The molecule has 0 bridgehead atoms. The van der Waals surface area contributed by atoms with Crippen LogP contribution in [0, 0.1) is 5.92 Å². The highest BCUT2D eigenvalue weighted by Crippen LogP contribution is 2.34. The molecule has 2 rings (SSSR count). The van der Waals surface area contributed by atoms with E-state index in [1.165, 1.54) is 24.8 Å². The fraction of sp³-hybridized carbons (Fsp3) is 0.647. The topological polar surface area (TPSA) is 12.0 Å². The zero-order valence-corrected chi connectivity index (χ0v) is 12.3. The van der Waals surface area contributed by atoms with Gasteiger partial charge in [-0.15, -0.1) is 0 Å². The zero-order chi connectivity index (χ0) is 13.1. The Hall–Kier alpha value is -0.820. The van der Waals surface area contributed by atoms with Crippen molar-refractivity contribution < 1.29 is 0 Å². The van der Waals surface area contributed by atoms with E-state index in [0.29, 0.717) is 12.0 Å². The molecule has 1 aliphatic heterocycles. The van der Waals surface area contributed by atoms with Crippen molar-refractivity contribution in [2.75, 3.05) is 6.54 Å². The Morgan fingerprint density at radius 2 is 2.06 bits per heavy atom. The summed E-state index contributed by atoms with van der Waals surface area (Å²) in [6.45, 7) is 10.3. The summed E-state index contributed by atoms with van der Waals surface area (Å²) in [6, 6.07) is 7.72. The molecule has 0 saturated heterocycles. The fourth-order valence-corrected chi connectivity index (χ4v) is 3.04. The number of nitrogens with one attached hydrogen (secondary N) is 1. The minimum absolute atomic E-state index is 0.563. The van der Waals surface area contributed by atoms with E-state index < -0.39 is 0 Å². The van der Waals surface area contributed by atoms with Crippen molar-refractivity contribution in [3.63, 3.8) is 0 Å². The lowest BCUT2D eigenvalue weighted by molar-refractivity contribution is 0.395. The Morgan fingerprint density at radius 1 is 1.28 bits per heavy atom. The van der Waals surface area contributed by atoms with Crippen LogP contribution in [0.4, 0.5) is 0 Å². The van der Waals surface area contributed by atoms with Gasteiger partial charge in [0.1, 0.15) is 0 Å². The monoisotopic (exact) mass is 245 g/mol. The van der Waals surface area contributed by atoms with Gasteiger partial charge in [0, 0.05) is 12.6 Å². The first kappa shape index (κ1) is 13.6. The van der Waals surface area contributed by atoms with Crippen LogP contribution in [0.2, 0.25) is 0 Å². The van der Waals surface area contributed by atoms with Gasteiger partial charge in [0.15, 0.2) is 0 Å². The minimum atomic E-state index is 0.563. The third kappa shape index (κ3) is 2.95. The van der Waals surface area contributed by atoms with E-state index >= 15 is 0 Å². The van der Waals surface area contributed by atoms with Crippen LogP contribution in [-0.4, -0.2) is 6.54 Å². The fourth-order valence-electron chi connectivity index (χ4n) is 3.04. The van der Waals surface area contributed by atoms with Crippen LogP contribution in [0.15, 0.2) is 18.2 Å². The average molecular weight is 245 g/mol. The summed E-state index contributed by atoms with van der Waals surface area (Å²) in [4.78, 5) is 0. The van der Waals surface area contributed by atoms with Gasteiger partial charge in [-0.05, 0) is 41.4 Å². The molecule has 1 aromatic carbocycles. The van der Waals surface area contributed by atoms with Crippen molar-refractivity contribution in [1.29, 1.82) is 0 Å². The second-order valence-electron chi connectivity index (χ2n) is 6.20. The van der Waals surface area contributed by atoms with E-state index in [1.807, 2.05) is 0 Å². The normalized spacial score (nSPS) is 23.2. The van der Waals surface area contributed by atoms with Crippen LogP contribution >= 0.6 is 0 Å². The number of benzene rings is 1. The van der Waals surface area contributed by atoms with Crippen LogP contribution in [-0.2, 0) is 6.42 Å². The lowest BCUT2D eigenvalue weighted by Crippen LogP contribution is -2.33. The van der Waals surface area contributed by atoms with Crippen LogP contribution in [0.3, 0.4) is 0 Å². The predicted octanol–water partition coefficient (Wildman–Crippen LogP) is 4.43. The molecule has 2 atom stereocenters. The summed E-state index contributed by atoms with van der Waals surface area (Å²) in [7, 11) is 0. The molecule has 2 unspecified atom stereocenters. The van der Waals surface area contributed by atoms with Gasteiger partial charge in [-0.25, -0.2) is 0 Å². The number of hydrogen-bond acceptors (Lipinski definition) is 1. The van der Waals surface area contributed by atoms with Gasteiger partial charge in [-0.2, -0.15) is 0 Å². The smallest absolute Gasteiger partial charge is 0.0325 e. The van der Waals surface area contributed by atoms with Crippen molar-refractivity contribution in [1.82, 2.24) is 5.32 Å². The van der Waals surface area contributed by atoms with Crippen LogP contribution in [0.25, 0.3) is 0 Å². The molecule has 1 aromatic rings. The molecule has 18 heavy (non-hydrogen) atoms. The highest BCUT2D eigenvalue weighted by Gasteiger charge is 2.24. The molecule has 1 heteroatoms. The van der Waals surface area contributed by atoms with E-state index in [9.17, 15) is 0 Å². The van der Waals surface area contributed by atoms with Crippen molar-refractivity contribution in [3.8, 4) is 0 Å². The molecule has 0 fully saturated rings. The van der Waals surface area contributed by atoms with E-state index in [2.05, 4.69) is 51.2 Å². The molecule has 100 valence electrons. The lowest BCUT2D eigenvalue weighted by Gasteiger charge is -2.32. The predicted molar refractivity (Wildman–Crippen MR) is 79.1 cm³/mol. The zero-order valence-electron chi connectivity index (χ0n) is 12.3. The molecule has 0 amide bonds. The van der Waals surface area contributed by atoms with Gasteiger partial charge in [0.25, 0.3) is 0 Å². The standard InChI is InChI=1S/C17H27N/c1-5-6-14-7-8-15-13(4)11-18-17(9-12(2)3)16(15)10-14/h7-8,10,12-13,17-18H,5-6,9,11H2,1-4H3. The maximum Gasteiger partial charge on any atom is 0.0325 e. The molecule has 0 spiro atoms. The number of aryl methyl sites for hydroxylation is 1. The average Bonchev–Trinajstić information content (AvgIpc) is 2.33. The third-order valence-electron chi connectivity index (χ3n) is 3.97. The maximum absolute atomic E-state index is 3.73. The Bertz CT molecular complexity index is 395. The largest absolute Gasteiger partial charge is 0.309 e. The second kappa shape index (κ2) is 5.88. The first-order valence-electron chi connectivity index (χ1n) is 7.48. The highest BCUT2D eigenvalue weighted by molar-refractivity contribution is 5.38. The highest BCUT2D eigenvalue weighted by atomic mass is 14.9. The van der Waals surface area contributed by atoms with Crippen molar-refractivity contribution in [2.45, 2.75) is 58.9 Å². The number of rotatable bonds is 4. The lowest BCUT2D eigenvalue weighted by atomic mass is 9.83. The molecule has 1 N–H and O–H groups in total. The summed E-state index contributed by atoms with van der Waals surface area (Å²) in [5.41, 5.74) is 4.63. The number of fused-ring (bicyclic) bond motifs is 1. The molecule has 0 aliphatic carbocycles. The first-order chi connectivity index (χ1) is 8.61. The molecular formula is C17H27N. The van der Waals surface area contributed by atoms with E-state index in [4.69, 9.17) is 0 Å². The van der Waals surface area contributed by atoms with Gasteiger partial charge in [-0.1, -0.05) is 52.3 Å². The number of hydrogen-bond donors (Lipinski definition) is 1. The van der Waals surface area contributed by atoms with Gasteiger partial charge in [0.05, 0.1) is 0 Å². The summed E-state index contributed by atoms with van der Waals surface area (Å²) < 4.78 is 0. The molecule has 0 aromatic heterocycles. The molecule has 1 nitrogen and oxygen atoms in total. The van der Waals surface area contributed by atoms with Crippen LogP contribution in [0.5, 0.6) is 0 Å². The molecule has 0 radical (unpaired) electrons. The Labute approximate surface area is 112 Å². The summed E-state index contributed by atoms with van der Waals surface area (Å²) in [5.74, 6) is 1.40. The molecular weight excluding hydrogens is 218 g/mol. The first-order valence-corrected chi connectivity index (χ1v) is 7.48. The molecule has 1 aliphatic rings. The quantitative estimate of drug-likeness (QED) is 0.827. The maximum atomic E-state index is 3.73. The Morgan fingerprint density at radius 3 is 2.72 bits per heavy atom. The van der Waals surface area contributed by atoms with Crippen molar-refractivity contribution in [2.24, 2.45) is 5.92 Å². The second-order valence-corrected chi connectivity index (χ2v) is 6.20. The summed E-state index contributed by atoms with van der Waals surface area (Å²) in [5, 5.41) is 3.73. The van der Waals surface area contributed by atoms with Crippen molar-refractivity contribution in [3.05, 3.63) is 34.9 Å². The van der Waals surface area contributed by atoms with Gasteiger partial charge in [-0.3, -0.25) is 0 Å². The molecule has 0 saturated carbocycles. The summed E-state index contributed by atoms with van der Waals surface area (Å²) in [6.07, 6.45) is 3.68. The minimum Gasteiger partial charge on any atom is -0.309 e. The SMILES string of the molecule is CCCc1ccc2c(c1)C(CC(C)C)NCC2C.